The van der Waals surface area contributed by atoms with Crippen molar-refractivity contribution in [2.75, 3.05) is 32.1 Å². The summed E-state index contributed by atoms with van der Waals surface area (Å²) in [7, 11) is 3.67. The second kappa shape index (κ2) is 6.35. The standard InChI is InChI=1S/C16H20N4O3S/c1-5-23-16(22)12-9(2)11-13(17-8-18-14(11)24-12)20(4)10-6-7-19(3)15(10)21/h8,10H,5-7H2,1-4H3/t10-/m0/s1. The number of likely N-dealkylation sites (tertiary alicyclic amines) is 1. The fourth-order valence-electron chi connectivity index (χ4n) is 3.02. The monoisotopic (exact) mass is 348 g/mol. The van der Waals surface area contributed by atoms with Gasteiger partial charge in [0, 0.05) is 20.6 Å². The molecule has 1 aliphatic heterocycles. The van der Waals surface area contributed by atoms with Crippen molar-refractivity contribution in [3.63, 3.8) is 0 Å². The summed E-state index contributed by atoms with van der Waals surface area (Å²) in [5.74, 6) is 0.420. The van der Waals surface area contributed by atoms with E-state index in [-0.39, 0.29) is 17.9 Å². The highest BCUT2D eigenvalue weighted by atomic mass is 32.1. The van der Waals surface area contributed by atoms with Gasteiger partial charge in [0.15, 0.2) is 0 Å². The smallest absolute Gasteiger partial charge is 0.348 e. The predicted octanol–water partition coefficient (Wildman–Crippen LogP) is 1.84. The van der Waals surface area contributed by atoms with Gasteiger partial charge in [0.1, 0.15) is 27.9 Å². The zero-order valence-corrected chi connectivity index (χ0v) is 15.0. The molecule has 0 aliphatic carbocycles. The summed E-state index contributed by atoms with van der Waals surface area (Å²) in [6.45, 7) is 4.71. The molecule has 3 heterocycles. The molecular weight excluding hydrogens is 328 g/mol. The first kappa shape index (κ1) is 16.6. The van der Waals surface area contributed by atoms with E-state index >= 15 is 0 Å². The van der Waals surface area contributed by atoms with E-state index in [1.165, 1.54) is 17.7 Å². The Morgan fingerprint density at radius 2 is 2.25 bits per heavy atom. The molecule has 1 aliphatic rings. The Hall–Kier alpha value is -2.22. The summed E-state index contributed by atoms with van der Waals surface area (Å²) >= 11 is 1.30. The molecule has 1 saturated heterocycles. The average molecular weight is 348 g/mol. The average Bonchev–Trinajstić information content (AvgIpc) is 3.08. The number of carbonyl (C=O) groups excluding carboxylic acids is 2. The van der Waals surface area contributed by atoms with E-state index in [1.807, 2.05) is 18.9 Å². The normalized spacial score (nSPS) is 17.6. The lowest BCUT2D eigenvalue weighted by molar-refractivity contribution is -0.127. The minimum absolute atomic E-state index is 0.0859. The molecule has 1 atom stereocenters. The van der Waals surface area contributed by atoms with Crippen LogP contribution in [0.2, 0.25) is 0 Å². The summed E-state index contributed by atoms with van der Waals surface area (Å²) in [4.78, 5) is 38.0. The number of fused-ring (bicyclic) bond motifs is 1. The van der Waals surface area contributed by atoms with Gasteiger partial charge in [-0.1, -0.05) is 0 Å². The fraction of sp³-hybridized carbons (Fsp3) is 0.500. The third kappa shape index (κ3) is 2.60. The number of hydrogen-bond acceptors (Lipinski definition) is 7. The van der Waals surface area contributed by atoms with E-state index in [1.54, 1.807) is 18.9 Å². The Morgan fingerprint density at radius 3 is 2.88 bits per heavy atom. The van der Waals surface area contributed by atoms with Gasteiger partial charge in [-0.25, -0.2) is 14.8 Å². The molecule has 2 aromatic heterocycles. The fourth-order valence-corrected chi connectivity index (χ4v) is 4.06. The number of esters is 1. The molecule has 24 heavy (non-hydrogen) atoms. The van der Waals surface area contributed by atoms with Crippen LogP contribution in [0.5, 0.6) is 0 Å². The summed E-state index contributed by atoms with van der Waals surface area (Å²) in [6.07, 6.45) is 2.23. The lowest BCUT2D eigenvalue weighted by Crippen LogP contribution is -2.39. The SMILES string of the molecule is CCOC(=O)c1sc2ncnc(N(C)[C@H]3CCN(C)C3=O)c2c1C. The highest BCUT2D eigenvalue weighted by molar-refractivity contribution is 7.20. The summed E-state index contributed by atoms with van der Waals surface area (Å²) in [5, 5.41) is 0.815. The Bertz CT molecular complexity index is 804. The summed E-state index contributed by atoms with van der Waals surface area (Å²) < 4.78 is 5.12. The number of ether oxygens (including phenoxy) is 1. The second-order valence-corrected chi connectivity index (χ2v) is 6.83. The van der Waals surface area contributed by atoms with Crippen molar-refractivity contribution in [2.24, 2.45) is 0 Å². The number of aryl methyl sites for hydroxylation is 1. The topological polar surface area (TPSA) is 75.6 Å². The predicted molar refractivity (Wildman–Crippen MR) is 92.6 cm³/mol. The minimum atomic E-state index is -0.344. The number of thiophene rings is 1. The Balaban J connectivity index is 2.06. The number of carbonyl (C=O) groups is 2. The summed E-state index contributed by atoms with van der Waals surface area (Å²) in [6, 6.07) is -0.238. The van der Waals surface area contributed by atoms with Gasteiger partial charge in [0.2, 0.25) is 5.91 Å². The van der Waals surface area contributed by atoms with Gasteiger partial charge in [-0.05, 0) is 25.8 Å². The van der Waals surface area contributed by atoms with E-state index in [0.29, 0.717) is 17.3 Å². The van der Waals surface area contributed by atoms with Gasteiger partial charge >= 0.3 is 5.97 Å². The first-order valence-corrected chi connectivity index (χ1v) is 8.66. The molecule has 0 spiro atoms. The molecule has 0 radical (unpaired) electrons. The number of nitrogens with zero attached hydrogens (tertiary/aromatic N) is 4. The highest BCUT2D eigenvalue weighted by Crippen LogP contribution is 2.36. The van der Waals surface area contributed by atoms with Crippen LogP contribution in [0.15, 0.2) is 6.33 Å². The zero-order chi connectivity index (χ0) is 17.4. The Labute approximate surface area is 144 Å². The molecule has 7 nitrogen and oxygen atoms in total. The maximum Gasteiger partial charge on any atom is 0.348 e. The second-order valence-electron chi connectivity index (χ2n) is 5.83. The van der Waals surface area contributed by atoms with Crippen molar-refractivity contribution in [3.05, 3.63) is 16.8 Å². The molecule has 0 N–H and O–H groups in total. The van der Waals surface area contributed by atoms with Crippen LogP contribution in [0.1, 0.15) is 28.6 Å². The minimum Gasteiger partial charge on any atom is -0.462 e. The van der Waals surface area contributed by atoms with E-state index < -0.39 is 0 Å². The first-order valence-electron chi connectivity index (χ1n) is 7.84. The zero-order valence-electron chi connectivity index (χ0n) is 14.2. The van der Waals surface area contributed by atoms with E-state index in [2.05, 4.69) is 9.97 Å². The molecule has 0 unspecified atom stereocenters. The number of aromatic nitrogens is 2. The molecule has 8 heteroatoms. The molecule has 1 fully saturated rings. The van der Waals surface area contributed by atoms with Crippen LogP contribution < -0.4 is 4.90 Å². The van der Waals surface area contributed by atoms with Gasteiger partial charge in [0.05, 0.1) is 12.0 Å². The van der Waals surface area contributed by atoms with Crippen LogP contribution in [0.3, 0.4) is 0 Å². The Kier molecular flexibility index (Phi) is 4.40. The number of likely N-dealkylation sites (N-methyl/N-ethyl adjacent to an activating group) is 2. The van der Waals surface area contributed by atoms with Gasteiger partial charge in [-0.15, -0.1) is 11.3 Å². The van der Waals surface area contributed by atoms with Crippen molar-refractivity contribution < 1.29 is 14.3 Å². The number of hydrogen-bond donors (Lipinski definition) is 0. The molecule has 0 saturated carbocycles. The van der Waals surface area contributed by atoms with Crippen LogP contribution in [0, 0.1) is 6.92 Å². The van der Waals surface area contributed by atoms with Gasteiger partial charge in [0.25, 0.3) is 0 Å². The molecule has 0 aromatic carbocycles. The van der Waals surface area contributed by atoms with Crippen molar-refractivity contribution in [1.29, 1.82) is 0 Å². The molecule has 0 bridgehead atoms. The Morgan fingerprint density at radius 1 is 1.50 bits per heavy atom. The molecule has 2 aromatic rings. The molecule has 1 amide bonds. The largest absolute Gasteiger partial charge is 0.462 e. The van der Waals surface area contributed by atoms with E-state index in [9.17, 15) is 9.59 Å². The van der Waals surface area contributed by atoms with Crippen LogP contribution in [-0.2, 0) is 9.53 Å². The lowest BCUT2D eigenvalue weighted by atomic mass is 10.1. The van der Waals surface area contributed by atoms with Crippen molar-refractivity contribution in [2.45, 2.75) is 26.3 Å². The molecule has 3 rings (SSSR count). The van der Waals surface area contributed by atoms with Gasteiger partial charge in [-0.2, -0.15) is 0 Å². The number of amides is 1. The van der Waals surface area contributed by atoms with Crippen LogP contribution in [0.4, 0.5) is 5.82 Å². The lowest BCUT2D eigenvalue weighted by Gasteiger charge is -2.24. The molecule has 128 valence electrons. The van der Waals surface area contributed by atoms with Gasteiger partial charge in [-0.3, -0.25) is 4.79 Å². The van der Waals surface area contributed by atoms with Crippen LogP contribution in [0.25, 0.3) is 10.2 Å². The van der Waals surface area contributed by atoms with Crippen molar-refractivity contribution in [3.8, 4) is 0 Å². The van der Waals surface area contributed by atoms with E-state index in [4.69, 9.17) is 4.74 Å². The highest BCUT2D eigenvalue weighted by Gasteiger charge is 2.34. The van der Waals surface area contributed by atoms with Crippen molar-refractivity contribution in [1.82, 2.24) is 14.9 Å². The molecular formula is C16H20N4O3S. The quantitative estimate of drug-likeness (QED) is 0.785. The first-order chi connectivity index (χ1) is 11.5. The maximum atomic E-state index is 12.3. The van der Waals surface area contributed by atoms with Crippen LogP contribution >= 0.6 is 11.3 Å². The number of rotatable bonds is 4. The third-order valence-corrected chi connectivity index (χ3v) is 5.55. The number of anilines is 1. The van der Waals surface area contributed by atoms with E-state index in [0.717, 1.165) is 28.7 Å². The third-order valence-electron chi connectivity index (χ3n) is 4.37. The van der Waals surface area contributed by atoms with Gasteiger partial charge < -0.3 is 14.5 Å². The summed E-state index contributed by atoms with van der Waals surface area (Å²) in [5.41, 5.74) is 0.801. The van der Waals surface area contributed by atoms with Crippen molar-refractivity contribution >= 4 is 39.2 Å². The van der Waals surface area contributed by atoms with Crippen LogP contribution in [-0.4, -0.2) is 60.0 Å². The maximum absolute atomic E-state index is 12.3.